The molecule has 1 aliphatic rings. The summed E-state index contributed by atoms with van der Waals surface area (Å²) in [5, 5.41) is 10.4. The van der Waals surface area contributed by atoms with Crippen molar-refractivity contribution in [3.05, 3.63) is 71.8 Å². The minimum Gasteiger partial charge on any atom is -0.454 e. The average Bonchev–Trinajstić information content (AvgIpc) is 2.77. The molecule has 5 atom stereocenters. The number of alkyl halides is 1. The third kappa shape index (κ3) is 5.58. The van der Waals surface area contributed by atoms with Gasteiger partial charge in [-0.1, -0.05) is 48.5 Å². The summed E-state index contributed by atoms with van der Waals surface area (Å²) < 4.78 is 22.4. The summed E-state index contributed by atoms with van der Waals surface area (Å²) in [4.78, 5) is 24.5. The second kappa shape index (κ2) is 10.5. The average molecular weight is 435 g/mol. The summed E-state index contributed by atoms with van der Waals surface area (Å²) in [6.07, 6.45) is -5.33. The van der Waals surface area contributed by atoms with Gasteiger partial charge in [0.25, 0.3) is 0 Å². The van der Waals surface area contributed by atoms with E-state index in [1.807, 2.05) is 30.3 Å². The van der Waals surface area contributed by atoms with Crippen LogP contribution in [0.1, 0.15) is 22.8 Å². The molecule has 160 valence electrons. The van der Waals surface area contributed by atoms with Crippen molar-refractivity contribution < 1.29 is 33.6 Å². The Kier molecular flexibility index (Phi) is 7.81. The van der Waals surface area contributed by atoms with Gasteiger partial charge in [0.05, 0.1) is 18.3 Å². The minimum atomic E-state index is -1.50. The van der Waals surface area contributed by atoms with E-state index in [1.54, 1.807) is 37.3 Å². The molecule has 1 fully saturated rings. The van der Waals surface area contributed by atoms with E-state index in [1.165, 1.54) is 0 Å². The number of carbonyl (C=O) groups excluding carboxylic acids is 2. The highest BCUT2D eigenvalue weighted by molar-refractivity contribution is 6.26. The topological polar surface area (TPSA) is 91.3 Å². The lowest BCUT2D eigenvalue weighted by Gasteiger charge is -2.42. The second-order valence-corrected chi connectivity index (χ2v) is 7.08. The van der Waals surface area contributed by atoms with Gasteiger partial charge in [-0.15, -0.1) is 11.6 Å². The van der Waals surface area contributed by atoms with E-state index in [9.17, 15) is 14.7 Å². The van der Waals surface area contributed by atoms with Crippen molar-refractivity contribution >= 4 is 23.5 Å². The van der Waals surface area contributed by atoms with Crippen LogP contribution in [0.5, 0.6) is 0 Å². The number of halogens is 1. The minimum absolute atomic E-state index is 0.212. The fourth-order valence-corrected chi connectivity index (χ4v) is 3.26. The Morgan fingerprint density at radius 1 is 0.967 bits per heavy atom. The first-order chi connectivity index (χ1) is 14.5. The maximum Gasteiger partial charge on any atom is 0.338 e. The van der Waals surface area contributed by atoms with E-state index < -0.39 is 48.5 Å². The molecule has 0 amide bonds. The van der Waals surface area contributed by atoms with E-state index >= 15 is 0 Å². The van der Waals surface area contributed by atoms with Crippen molar-refractivity contribution in [2.45, 2.75) is 44.2 Å². The molecular formula is C22H23ClO7. The third-order valence-corrected chi connectivity index (χ3v) is 4.88. The lowest BCUT2D eigenvalue weighted by atomic mass is 9.98. The number of esters is 2. The van der Waals surface area contributed by atoms with E-state index in [2.05, 4.69) is 0 Å². The zero-order valence-corrected chi connectivity index (χ0v) is 17.1. The second-order valence-electron chi connectivity index (χ2n) is 6.82. The van der Waals surface area contributed by atoms with Crippen LogP contribution in [0.15, 0.2) is 60.7 Å². The molecule has 2 aromatic rings. The first kappa shape index (κ1) is 22.2. The van der Waals surface area contributed by atoms with Crippen LogP contribution in [0.2, 0.25) is 0 Å². The van der Waals surface area contributed by atoms with Crippen LogP contribution in [0.3, 0.4) is 0 Å². The van der Waals surface area contributed by atoms with E-state index in [0.29, 0.717) is 0 Å². The molecule has 1 saturated heterocycles. The van der Waals surface area contributed by atoms with Crippen LogP contribution in [0.4, 0.5) is 0 Å². The quantitative estimate of drug-likeness (QED) is 0.529. The molecule has 3 rings (SSSR count). The number of hydrogen-bond donors (Lipinski definition) is 1. The number of carbonyl (C=O) groups is 2. The maximum atomic E-state index is 12.5. The lowest BCUT2D eigenvalue weighted by molar-refractivity contribution is -0.289. The Hall–Kier alpha value is -2.45. The van der Waals surface area contributed by atoms with Gasteiger partial charge in [-0.25, -0.2) is 4.79 Å². The van der Waals surface area contributed by atoms with Gasteiger partial charge in [0.15, 0.2) is 18.5 Å². The molecule has 7 nitrogen and oxygen atoms in total. The Bertz CT molecular complexity index is 830. The van der Waals surface area contributed by atoms with Gasteiger partial charge in [-0.3, -0.25) is 4.79 Å². The molecule has 0 unspecified atom stereocenters. The van der Waals surface area contributed by atoms with Crippen LogP contribution in [0.25, 0.3) is 0 Å². The molecule has 2 aromatic carbocycles. The SMILES string of the molecule is C[C@@H]1O[C@@H](O)[C@H](OC(=O)c2ccccc2)[C@H](OC(=O)CCl)[C@H]1OCc1ccccc1. The summed E-state index contributed by atoms with van der Waals surface area (Å²) in [7, 11) is 0. The van der Waals surface area contributed by atoms with Gasteiger partial charge >= 0.3 is 11.9 Å². The van der Waals surface area contributed by atoms with Gasteiger partial charge in [-0.05, 0) is 24.6 Å². The van der Waals surface area contributed by atoms with Crippen LogP contribution in [0, 0.1) is 0 Å². The molecule has 0 radical (unpaired) electrons. The fourth-order valence-electron chi connectivity index (χ4n) is 3.20. The molecule has 1 aliphatic heterocycles. The number of benzene rings is 2. The molecule has 1 heterocycles. The van der Waals surface area contributed by atoms with Gasteiger partial charge in [0, 0.05) is 0 Å². The Morgan fingerprint density at radius 3 is 2.23 bits per heavy atom. The molecule has 30 heavy (non-hydrogen) atoms. The molecule has 8 heteroatoms. The van der Waals surface area contributed by atoms with Crippen molar-refractivity contribution in [1.29, 1.82) is 0 Å². The summed E-state index contributed by atoms with van der Waals surface area (Å²) in [6, 6.07) is 17.7. The van der Waals surface area contributed by atoms with E-state index in [0.717, 1.165) is 5.56 Å². The molecule has 0 aliphatic carbocycles. The highest BCUT2D eigenvalue weighted by Crippen LogP contribution is 2.28. The number of aliphatic hydroxyl groups is 1. The molecule has 0 saturated carbocycles. The standard InChI is InChI=1S/C22H23ClO7/c1-14-18(27-13-15-8-4-2-5-9-15)19(29-17(24)12-23)20(22(26)28-14)30-21(25)16-10-6-3-7-11-16/h2-11,14,18-20,22,26H,12-13H2,1H3/t14-,18-,19+,20+,22+/m0/s1. The zero-order chi connectivity index (χ0) is 21.5. The molecule has 0 spiro atoms. The summed E-state index contributed by atoms with van der Waals surface area (Å²) >= 11 is 5.60. The van der Waals surface area contributed by atoms with Gasteiger partial charge in [0.1, 0.15) is 12.0 Å². The number of hydrogen-bond acceptors (Lipinski definition) is 7. The smallest absolute Gasteiger partial charge is 0.338 e. The van der Waals surface area contributed by atoms with Crippen molar-refractivity contribution in [3.63, 3.8) is 0 Å². The normalized spacial score (nSPS) is 26.0. The highest BCUT2D eigenvalue weighted by atomic mass is 35.5. The van der Waals surface area contributed by atoms with E-state index in [4.69, 9.17) is 30.5 Å². The van der Waals surface area contributed by atoms with Gasteiger partial charge in [0.2, 0.25) is 0 Å². The lowest BCUT2D eigenvalue weighted by Crippen LogP contribution is -2.60. The molecular weight excluding hydrogens is 412 g/mol. The third-order valence-electron chi connectivity index (χ3n) is 4.66. The zero-order valence-electron chi connectivity index (χ0n) is 16.3. The number of ether oxygens (including phenoxy) is 4. The first-order valence-electron chi connectivity index (χ1n) is 9.50. The summed E-state index contributed by atoms with van der Waals surface area (Å²) in [5.41, 5.74) is 1.18. The van der Waals surface area contributed by atoms with Crippen molar-refractivity contribution in [1.82, 2.24) is 0 Å². The first-order valence-corrected chi connectivity index (χ1v) is 10.0. The largest absolute Gasteiger partial charge is 0.454 e. The molecule has 0 aromatic heterocycles. The van der Waals surface area contributed by atoms with Gasteiger partial charge < -0.3 is 24.1 Å². The summed E-state index contributed by atoms with van der Waals surface area (Å²) in [6.45, 7) is 1.89. The van der Waals surface area contributed by atoms with Crippen LogP contribution in [-0.4, -0.2) is 53.6 Å². The monoisotopic (exact) mass is 434 g/mol. The van der Waals surface area contributed by atoms with Crippen molar-refractivity contribution in [2.75, 3.05) is 5.88 Å². The Morgan fingerprint density at radius 2 is 1.60 bits per heavy atom. The number of rotatable bonds is 7. The predicted octanol–water partition coefficient (Wildman–Crippen LogP) is 2.69. The fraction of sp³-hybridized carbons (Fsp3) is 0.364. The van der Waals surface area contributed by atoms with Crippen LogP contribution >= 0.6 is 11.6 Å². The van der Waals surface area contributed by atoms with Crippen LogP contribution in [-0.2, 0) is 30.3 Å². The molecule has 0 bridgehead atoms. The van der Waals surface area contributed by atoms with Crippen molar-refractivity contribution in [2.24, 2.45) is 0 Å². The highest BCUT2D eigenvalue weighted by Gasteiger charge is 2.49. The summed E-state index contributed by atoms with van der Waals surface area (Å²) in [5.74, 6) is -1.81. The van der Waals surface area contributed by atoms with E-state index in [-0.39, 0.29) is 12.2 Å². The maximum absolute atomic E-state index is 12.5. The van der Waals surface area contributed by atoms with Crippen molar-refractivity contribution in [3.8, 4) is 0 Å². The molecule has 1 N–H and O–H groups in total. The number of aliphatic hydroxyl groups excluding tert-OH is 1. The Labute approximate surface area is 179 Å². The Balaban J connectivity index is 1.80. The van der Waals surface area contributed by atoms with Gasteiger partial charge in [-0.2, -0.15) is 0 Å². The predicted molar refractivity (Wildman–Crippen MR) is 108 cm³/mol. The van der Waals surface area contributed by atoms with Crippen LogP contribution < -0.4 is 0 Å².